The SMILES string of the molecule is N#CCC(C1CCOCC1)n1cc(-c2ccnc(Nc3ccc(C(=O)N4CC[C@@H](O)C4)cc3)n2)cn1. The molecule has 186 valence electrons. The fourth-order valence-corrected chi connectivity index (χ4v) is 4.84. The van der Waals surface area contributed by atoms with Crippen LogP contribution in [0.25, 0.3) is 11.3 Å². The number of likely N-dealkylation sites (tertiary alicyclic amines) is 1. The smallest absolute Gasteiger partial charge is 0.253 e. The Morgan fingerprint density at radius 1 is 1.22 bits per heavy atom. The Morgan fingerprint density at radius 3 is 2.75 bits per heavy atom. The van der Waals surface area contributed by atoms with E-state index >= 15 is 0 Å². The number of aliphatic hydroxyl groups excluding tert-OH is 1. The topological polar surface area (TPSA) is 129 Å². The van der Waals surface area contributed by atoms with Gasteiger partial charge in [-0.3, -0.25) is 9.48 Å². The Hall–Kier alpha value is -3.81. The summed E-state index contributed by atoms with van der Waals surface area (Å²) in [6.45, 7) is 2.39. The van der Waals surface area contributed by atoms with E-state index in [1.165, 1.54) is 0 Å². The zero-order valence-corrected chi connectivity index (χ0v) is 20.0. The van der Waals surface area contributed by atoms with E-state index in [9.17, 15) is 15.2 Å². The van der Waals surface area contributed by atoms with Gasteiger partial charge >= 0.3 is 0 Å². The zero-order chi connectivity index (χ0) is 24.9. The minimum absolute atomic E-state index is 0.0112. The van der Waals surface area contributed by atoms with Crippen LogP contribution in [-0.4, -0.2) is 68.1 Å². The van der Waals surface area contributed by atoms with Crippen molar-refractivity contribution in [1.82, 2.24) is 24.6 Å². The van der Waals surface area contributed by atoms with Crippen LogP contribution in [0.15, 0.2) is 48.9 Å². The number of carbonyl (C=O) groups excluding carboxylic acids is 1. The molecule has 0 radical (unpaired) electrons. The number of nitrogens with zero attached hydrogens (tertiary/aromatic N) is 6. The Balaban J connectivity index is 1.27. The fraction of sp³-hybridized carbons (Fsp3) is 0.423. The predicted molar refractivity (Wildman–Crippen MR) is 132 cm³/mol. The molecule has 2 fully saturated rings. The average Bonchev–Trinajstić information content (AvgIpc) is 3.58. The number of benzene rings is 1. The summed E-state index contributed by atoms with van der Waals surface area (Å²) < 4.78 is 7.37. The van der Waals surface area contributed by atoms with E-state index in [-0.39, 0.29) is 11.9 Å². The molecule has 2 aliphatic heterocycles. The predicted octanol–water partition coefficient (Wildman–Crippen LogP) is 3.17. The highest BCUT2D eigenvalue weighted by molar-refractivity contribution is 5.94. The molecular weight excluding hydrogens is 458 g/mol. The van der Waals surface area contributed by atoms with Gasteiger partial charge in [0, 0.05) is 55.5 Å². The number of nitrogens with one attached hydrogen (secondary N) is 1. The van der Waals surface area contributed by atoms with Crippen molar-refractivity contribution in [1.29, 1.82) is 5.26 Å². The van der Waals surface area contributed by atoms with Crippen molar-refractivity contribution in [2.75, 3.05) is 31.6 Å². The first-order chi connectivity index (χ1) is 17.6. The van der Waals surface area contributed by atoms with Gasteiger partial charge in [-0.05, 0) is 55.5 Å². The van der Waals surface area contributed by atoms with E-state index in [0.717, 1.165) is 43.0 Å². The van der Waals surface area contributed by atoms with Crippen LogP contribution >= 0.6 is 0 Å². The fourth-order valence-electron chi connectivity index (χ4n) is 4.84. The van der Waals surface area contributed by atoms with Gasteiger partial charge in [-0.2, -0.15) is 10.4 Å². The first-order valence-electron chi connectivity index (χ1n) is 12.3. The third-order valence-corrected chi connectivity index (χ3v) is 6.84. The number of amides is 1. The van der Waals surface area contributed by atoms with Gasteiger partial charge < -0.3 is 20.1 Å². The molecule has 1 unspecified atom stereocenters. The van der Waals surface area contributed by atoms with Gasteiger partial charge in [0.05, 0.1) is 36.5 Å². The van der Waals surface area contributed by atoms with Crippen molar-refractivity contribution in [2.24, 2.45) is 5.92 Å². The average molecular weight is 488 g/mol. The number of aromatic nitrogens is 4. The summed E-state index contributed by atoms with van der Waals surface area (Å²) >= 11 is 0. The monoisotopic (exact) mass is 487 g/mol. The highest BCUT2D eigenvalue weighted by Gasteiger charge is 2.27. The van der Waals surface area contributed by atoms with Crippen molar-refractivity contribution in [3.8, 4) is 17.3 Å². The van der Waals surface area contributed by atoms with Crippen LogP contribution in [0.2, 0.25) is 0 Å². The lowest BCUT2D eigenvalue weighted by molar-refractivity contribution is 0.0473. The van der Waals surface area contributed by atoms with E-state index in [1.807, 2.05) is 29.1 Å². The van der Waals surface area contributed by atoms with E-state index in [4.69, 9.17) is 4.74 Å². The Morgan fingerprint density at radius 2 is 2.03 bits per heavy atom. The third-order valence-electron chi connectivity index (χ3n) is 6.84. The Labute approximate surface area is 209 Å². The zero-order valence-electron chi connectivity index (χ0n) is 20.0. The second-order valence-electron chi connectivity index (χ2n) is 9.25. The van der Waals surface area contributed by atoms with Crippen LogP contribution in [0.3, 0.4) is 0 Å². The Kier molecular flexibility index (Phi) is 7.21. The molecule has 5 rings (SSSR count). The van der Waals surface area contributed by atoms with Crippen molar-refractivity contribution < 1.29 is 14.6 Å². The van der Waals surface area contributed by atoms with Gasteiger partial charge in [-0.25, -0.2) is 9.97 Å². The molecule has 0 aliphatic carbocycles. The summed E-state index contributed by atoms with van der Waals surface area (Å²) in [5.41, 5.74) is 2.91. The highest BCUT2D eigenvalue weighted by atomic mass is 16.5. The standard InChI is InChI=1S/C26H29N7O3/c27-10-5-24(18-8-13-36-14-9-18)33-16-20(15-29-33)23-6-11-28-26(31-23)30-21-3-1-19(2-4-21)25(35)32-12-7-22(34)17-32/h1-4,6,11,15-16,18,22,24,34H,5,7-9,12-14,17H2,(H,28,30,31)/t22-,24?/m1/s1. The molecule has 4 heterocycles. The molecule has 36 heavy (non-hydrogen) atoms. The normalized spacial score (nSPS) is 19.1. The van der Waals surface area contributed by atoms with Crippen molar-refractivity contribution in [2.45, 2.75) is 37.8 Å². The minimum Gasteiger partial charge on any atom is -0.391 e. The van der Waals surface area contributed by atoms with E-state index in [2.05, 4.69) is 26.5 Å². The van der Waals surface area contributed by atoms with Gasteiger partial charge in [0.1, 0.15) is 0 Å². The first kappa shape index (κ1) is 23.9. The van der Waals surface area contributed by atoms with E-state index in [1.54, 1.807) is 29.4 Å². The molecule has 1 aromatic carbocycles. The van der Waals surface area contributed by atoms with Gasteiger partial charge in [0.25, 0.3) is 5.91 Å². The summed E-state index contributed by atoms with van der Waals surface area (Å²) in [6, 6.07) is 11.3. The second-order valence-corrected chi connectivity index (χ2v) is 9.25. The van der Waals surface area contributed by atoms with Crippen molar-refractivity contribution in [3.63, 3.8) is 0 Å². The van der Waals surface area contributed by atoms with Crippen LogP contribution in [0.4, 0.5) is 11.6 Å². The van der Waals surface area contributed by atoms with Gasteiger partial charge in [-0.1, -0.05) is 0 Å². The maximum absolute atomic E-state index is 12.6. The van der Waals surface area contributed by atoms with Gasteiger partial charge in [0.2, 0.25) is 5.95 Å². The van der Waals surface area contributed by atoms with E-state index in [0.29, 0.717) is 43.4 Å². The number of nitriles is 1. The van der Waals surface area contributed by atoms with Gasteiger partial charge in [0.15, 0.2) is 0 Å². The molecule has 0 saturated carbocycles. The number of hydrogen-bond donors (Lipinski definition) is 2. The molecular formula is C26H29N7O3. The molecule has 0 bridgehead atoms. The maximum Gasteiger partial charge on any atom is 0.253 e. The van der Waals surface area contributed by atoms with E-state index < -0.39 is 6.10 Å². The minimum atomic E-state index is -0.439. The number of carbonyl (C=O) groups is 1. The number of hydrogen-bond acceptors (Lipinski definition) is 8. The lowest BCUT2D eigenvalue weighted by atomic mass is 9.90. The summed E-state index contributed by atoms with van der Waals surface area (Å²) in [5.74, 6) is 0.711. The Bertz CT molecular complexity index is 1230. The molecule has 2 saturated heterocycles. The molecule has 3 aromatic rings. The number of ether oxygens (including phenoxy) is 1. The number of aliphatic hydroxyl groups is 1. The summed E-state index contributed by atoms with van der Waals surface area (Å²) in [5, 5.41) is 26.8. The lowest BCUT2D eigenvalue weighted by Crippen LogP contribution is -2.29. The number of rotatable bonds is 7. The molecule has 10 heteroatoms. The van der Waals surface area contributed by atoms with Crippen LogP contribution in [-0.2, 0) is 4.74 Å². The molecule has 1 amide bonds. The van der Waals surface area contributed by atoms with Crippen LogP contribution in [0.5, 0.6) is 0 Å². The summed E-state index contributed by atoms with van der Waals surface area (Å²) in [7, 11) is 0. The quantitative estimate of drug-likeness (QED) is 0.520. The number of anilines is 2. The highest BCUT2D eigenvalue weighted by Crippen LogP contribution is 2.31. The molecule has 10 nitrogen and oxygen atoms in total. The lowest BCUT2D eigenvalue weighted by Gasteiger charge is -2.29. The largest absolute Gasteiger partial charge is 0.391 e. The molecule has 2 N–H and O–H groups in total. The first-order valence-corrected chi connectivity index (χ1v) is 12.3. The van der Waals surface area contributed by atoms with Crippen molar-refractivity contribution >= 4 is 17.5 Å². The molecule has 2 aromatic heterocycles. The maximum atomic E-state index is 12.6. The molecule has 0 spiro atoms. The van der Waals surface area contributed by atoms with Crippen molar-refractivity contribution in [3.05, 3.63) is 54.5 Å². The third kappa shape index (κ3) is 5.37. The van der Waals surface area contributed by atoms with Gasteiger partial charge in [-0.15, -0.1) is 0 Å². The molecule has 2 aliphatic rings. The number of β-amino-alcohol motifs (C(OH)–C–C–N with tert-alkyl or cyclic N) is 1. The summed E-state index contributed by atoms with van der Waals surface area (Å²) in [6.07, 6.45) is 7.83. The van der Waals surface area contributed by atoms with Crippen LogP contribution in [0, 0.1) is 17.2 Å². The summed E-state index contributed by atoms with van der Waals surface area (Å²) in [4.78, 5) is 23.2. The van der Waals surface area contributed by atoms with Crippen LogP contribution < -0.4 is 5.32 Å². The second kappa shape index (κ2) is 10.8. The van der Waals surface area contributed by atoms with Crippen LogP contribution in [0.1, 0.15) is 42.1 Å². The molecule has 2 atom stereocenters.